The first kappa shape index (κ1) is 10.1. The lowest BCUT2D eigenvalue weighted by atomic mass is 10.3. The van der Waals surface area contributed by atoms with Crippen molar-refractivity contribution in [2.45, 2.75) is 6.92 Å². The van der Waals surface area contributed by atoms with E-state index in [0.29, 0.717) is 12.5 Å². The van der Waals surface area contributed by atoms with Crippen molar-refractivity contribution in [3.8, 4) is 6.07 Å². The van der Waals surface area contributed by atoms with Crippen molar-refractivity contribution >= 4 is 5.69 Å². The maximum absolute atomic E-state index is 8.49. The van der Waals surface area contributed by atoms with Crippen molar-refractivity contribution in [3.63, 3.8) is 0 Å². The van der Waals surface area contributed by atoms with Gasteiger partial charge in [0, 0.05) is 5.69 Å². The molecule has 1 aromatic rings. The fourth-order valence-corrected chi connectivity index (χ4v) is 0.992. The van der Waals surface area contributed by atoms with Crippen LogP contribution in [0.2, 0.25) is 0 Å². The summed E-state index contributed by atoms with van der Waals surface area (Å²) in [6.07, 6.45) is 1.34. The van der Waals surface area contributed by atoms with E-state index >= 15 is 0 Å². The van der Waals surface area contributed by atoms with Crippen molar-refractivity contribution in [2.24, 2.45) is 0 Å². The molecule has 0 radical (unpaired) electrons. The van der Waals surface area contributed by atoms with E-state index in [1.165, 1.54) is 6.08 Å². The zero-order valence-corrected chi connectivity index (χ0v) is 8.03. The highest BCUT2D eigenvalue weighted by atomic mass is 16.5. The summed E-state index contributed by atoms with van der Waals surface area (Å²) in [5, 5.41) is 11.5. The van der Waals surface area contributed by atoms with E-state index < -0.39 is 0 Å². The molecule has 0 bridgehead atoms. The van der Waals surface area contributed by atoms with Crippen LogP contribution < -0.4 is 5.32 Å². The average molecular weight is 188 g/mol. The van der Waals surface area contributed by atoms with Crippen molar-refractivity contribution in [1.82, 2.24) is 0 Å². The Labute approximate surface area is 83.6 Å². The van der Waals surface area contributed by atoms with Gasteiger partial charge in [-0.2, -0.15) is 5.26 Å². The van der Waals surface area contributed by atoms with Gasteiger partial charge in [-0.3, -0.25) is 0 Å². The van der Waals surface area contributed by atoms with Crippen molar-refractivity contribution in [3.05, 3.63) is 42.3 Å². The molecule has 14 heavy (non-hydrogen) atoms. The molecule has 1 rings (SSSR count). The van der Waals surface area contributed by atoms with E-state index in [9.17, 15) is 0 Å². The summed E-state index contributed by atoms with van der Waals surface area (Å²) < 4.78 is 5.21. The predicted molar refractivity (Wildman–Crippen MR) is 55.4 cm³/mol. The molecule has 0 aliphatic heterocycles. The first-order valence-electron chi connectivity index (χ1n) is 4.41. The van der Waals surface area contributed by atoms with Crippen molar-refractivity contribution in [1.29, 1.82) is 5.26 Å². The van der Waals surface area contributed by atoms with Crippen LogP contribution in [0.1, 0.15) is 6.92 Å². The van der Waals surface area contributed by atoms with E-state index in [4.69, 9.17) is 10.00 Å². The highest BCUT2D eigenvalue weighted by Crippen LogP contribution is 2.09. The molecule has 0 aromatic heterocycles. The Kier molecular flexibility index (Phi) is 4.09. The number of allylic oxidation sites excluding steroid dienone is 1. The Bertz CT molecular complexity index is 338. The standard InChI is InChI=1S/C11H12N2O/c1-2-14-11(8-9-12)13-10-6-4-3-5-7-10/h3-8,13H,2H2,1H3. The van der Waals surface area contributed by atoms with E-state index in [0.717, 1.165) is 5.69 Å². The lowest BCUT2D eigenvalue weighted by molar-refractivity contribution is 0.235. The van der Waals surface area contributed by atoms with Crippen LogP contribution in [0.5, 0.6) is 0 Å². The topological polar surface area (TPSA) is 45.0 Å². The highest BCUT2D eigenvalue weighted by Gasteiger charge is 1.96. The number of anilines is 1. The number of hydrogen-bond donors (Lipinski definition) is 1. The fourth-order valence-electron chi connectivity index (χ4n) is 0.992. The van der Waals surface area contributed by atoms with Crippen LogP contribution in [0.3, 0.4) is 0 Å². The molecule has 0 saturated carbocycles. The maximum atomic E-state index is 8.49. The van der Waals surface area contributed by atoms with E-state index in [2.05, 4.69) is 5.32 Å². The second-order valence-corrected chi connectivity index (χ2v) is 2.56. The van der Waals surface area contributed by atoms with E-state index in [1.54, 1.807) is 0 Å². The van der Waals surface area contributed by atoms with Gasteiger partial charge in [-0.05, 0) is 19.1 Å². The number of benzene rings is 1. The third-order valence-electron chi connectivity index (χ3n) is 1.54. The van der Waals surface area contributed by atoms with E-state index in [1.807, 2.05) is 43.3 Å². The summed E-state index contributed by atoms with van der Waals surface area (Å²) in [5.74, 6) is 0.473. The Morgan fingerprint density at radius 3 is 2.79 bits per heavy atom. The molecule has 0 aliphatic rings. The average Bonchev–Trinajstić information content (AvgIpc) is 2.20. The molecule has 0 heterocycles. The van der Waals surface area contributed by atoms with Crippen LogP contribution in [0.15, 0.2) is 42.3 Å². The van der Waals surface area contributed by atoms with Crippen LogP contribution >= 0.6 is 0 Å². The lowest BCUT2D eigenvalue weighted by Crippen LogP contribution is -2.03. The number of hydrogen-bond acceptors (Lipinski definition) is 3. The molecule has 0 aliphatic carbocycles. The summed E-state index contributed by atoms with van der Waals surface area (Å²) in [6, 6.07) is 11.5. The van der Waals surface area contributed by atoms with Crippen molar-refractivity contribution < 1.29 is 4.74 Å². The van der Waals surface area contributed by atoms with Gasteiger partial charge in [0.25, 0.3) is 0 Å². The van der Waals surface area contributed by atoms with Crippen LogP contribution in [-0.4, -0.2) is 6.61 Å². The molecule has 3 nitrogen and oxygen atoms in total. The zero-order valence-electron chi connectivity index (χ0n) is 8.03. The second kappa shape index (κ2) is 5.65. The third-order valence-corrected chi connectivity index (χ3v) is 1.54. The maximum Gasteiger partial charge on any atom is 0.201 e. The Balaban J connectivity index is 2.66. The highest BCUT2D eigenvalue weighted by molar-refractivity contribution is 5.47. The molecule has 3 heteroatoms. The Hall–Kier alpha value is -1.95. The molecule has 0 fully saturated rings. The second-order valence-electron chi connectivity index (χ2n) is 2.56. The quantitative estimate of drug-likeness (QED) is 0.583. The zero-order chi connectivity index (χ0) is 10.2. The number of nitriles is 1. The normalized spacial score (nSPS) is 10.4. The summed E-state index contributed by atoms with van der Waals surface area (Å²) in [5.41, 5.74) is 0.905. The first-order valence-corrected chi connectivity index (χ1v) is 4.41. The van der Waals surface area contributed by atoms with Gasteiger partial charge in [-0.25, -0.2) is 0 Å². The number of nitrogens with one attached hydrogen (secondary N) is 1. The smallest absolute Gasteiger partial charge is 0.201 e. The van der Waals surface area contributed by atoms with Gasteiger partial charge in [0.1, 0.15) is 0 Å². The Morgan fingerprint density at radius 2 is 2.21 bits per heavy atom. The van der Waals surface area contributed by atoms with Gasteiger partial charge < -0.3 is 10.1 Å². The molecule has 1 N–H and O–H groups in total. The summed E-state index contributed by atoms with van der Waals surface area (Å²) in [6.45, 7) is 2.41. The van der Waals surface area contributed by atoms with Gasteiger partial charge in [-0.15, -0.1) is 0 Å². The minimum Gasteiger partial charge on any atom is -0.479 e. The molecule has 1 aromatic carbocycles. The van der Waals surface area contributed by atoms with Gasteiger partial charge in [0.15, 0.2) is 0 Å². The molecular weight excluding hydrogens is 176 g/mol. The molecule has 72 valence electrons. The van der Waals surface area contributed by atoms with Crippen LogP contribution in [0, 0.1) is 11.3 Å². The van der Waals surface area contributed by atoms with E-state index in [-0.39, 0.29) is 0 Å². The summed E-state index contributed by atoms with van der Waals surface area (Å²) in [4.78, 5) is 0. The number of para-hydroxylation sites is 1. The number of ether oxygens (including phenoxy) is 1. The van der Waals surface area contributed by atoms with Crippen molar-refractivity contribution in [2.75, 3.05) is 11.9 Å². The monoisotopic (exact) mass is 188 g/mol. The molecular formula is C11H12N2O. The number of nitrogens with zero attached hydrogens (tertiary/aromatic N) is 1. The van der Waals surface area contributed by atoms with Crippen LogP contribution in [-0.2, 0) is 4.74 Å². The van der Waals surface area contributed by atoms with Gasteiger partial charge in [0.05, 0.1) is 18.8 Å². The first-order chi connectivity index (χ1) is 6.86. The molecule has 0 saturated heterocycles. The molecule has 0 amide bonds. The predicted octanol–water partition coefficient (Wildman–Crippen LogP) is 2.50. The van der Waals surface area contributed by atoms with Gasteiger partial charge in [-0.1, -0.05) is 18.2 Å². The molecule has 0 unspecified atom stereocenters. The van der Waals surface area contributed by atoms with Crippen LogP contribution in [0.25, 0.3) is 0 Å². The van der Waals surface area contributed by atoms with Gasteiger partial charge >= 0.3 is 0 Å². The molecule has 0 atom stereocenters. The summed E-state index contributed by atoms with van der Waals surface area (Å²) >= 11 is 0. The SMILES string of the molecule is CCOC(=CC#N)Nc1ccccc1. The lowest BCUT2D eigenvalue weighted by Gasteiger charge is -2.09. The largest absolute Gasteiger partial charge is 0.479 e. The third kappa shape index (κ3) is 3.20. The summed E-state index contributed by atoms with van der Waals surface area (Å²) in [7, 11) is 0. The number of rotatable bonds is 4. The minimum atomic E-state index is 0.473. The van der Waals surface area contributed by atoms with Crippen LogP contribution in [0.4, 0.5) is 5.69 Å². The molecule has 0 spiro atoms. The van der Waals surface area contributed by atoms with Gasteiger partial charge in [0.2, 0.25) is 5.88 Å². The fraction of sp³-hybridized carbons (Fsp3) is 0.182. The Morgan fingerprint density at radius 1 is 1.50 bits per heavy atom. The minimum absolute atomic E-state index is 0.473.